The molecule has 0 aromatic heterocycles. The molecule has 1 N–H and O–H groups in total. The zero-order valence-corrected chi connectivity index (χ0v) is 7.01. The minimum atomic E-state index is -0.298. The van der Waals surface area contributed by atoms with Crippen LogP contribution >= 0.6 is 15.9 Å². The van der Waals surface area contributed by atoms with Crippen molar-refractivity contribution in [3.8, 4) is 0 Å². The van der Waals surface area contributed by atoms with E-state index in [1.807, 2.05) is 19.1 Å². The maximum absolute atomic E-state index is 8.95. The monoisotopic (exact) mass is 190 g/mol. The smallest absolute Gasteiger partial charge is 0.0721 e. The van der Waals surface area contributed by atoms with E-state index in [9.17, 15) is 0 Å². The first-order valence-corrected chi connectivity index (χ1v) is 3.84. The molecule has 0 aliphatic carbocycles. The van der Waals surface area contributed by atoms with Crippen LogP contribution in [0.25, 0.3) is 0 Å². The maximum atomic E-state index is 8.95. The summed E-state index contributed by atoms with van der Waals surface area (Å²) in [6, 6.07) is 0. The summed E-state index contributed by atoms with van der Waals surface area (Å²) in [6.45, 7) is 1.94. The molecule has 0 saturated heterocycles. The summed E-state index contributed by atoms with van der Waals surface area (Å²) < 4.78 is 0. The topological polar surface area (TPSA) is 20.2 Å². The van der Waals surface area contributed by atoms with Crippen molar-refractivity contribution in [2.75, 3.05) is 0 Å². The summed E-state index contributed by atoms with van der Waals surface area (Å²) in [6.07, 6.45) is 5.85. The Morgan fingerprint density at radius 3 is 2.67 bits per heavy atom. The molecular weight excluding hydrogens is 180 g/mol. The van der Waals surface area contributed by atoms with Crippen LogP contribution < -0.4 is 0 Å². The second kappa shape index (κ2) is 6.05. The van der Waals surface area contributed by atoms with Gasteiger partial charge in [-0.25, -0.2) is 0 Å². The van der Waals surface area contributed by atoms with Crippen LogP contribution in [0.4, 0.5) is 0 Å². The molecule has 2 heteroatoms. The lowest BCUT2D eigenvalue weighted by atomic mass is 10.2. The Labute approximate surface area is 64.2 Å². The highest BCUT2D eigenvalue weighted by molar-refractivity contribution is 9.11. The van der Waals surface area contributed by atoms with Crippen LogP contribution in [0.2, 0.25) is 0 Å². The predicted molar refractivity (Wildman–Crippen MR) is 43.5 cm³/mol. The lowest BCUT2D eigenvalue weighted by Crippen LogP contribution is -1.97. The van der Waals surface area contributed by atoms with E-state index in [0.717, 1.165) is 6.42 Å². The Hall–Kier alpha value is -0.0800. The van der Waals surface area contributed by atoms with E-state index >= 15 is 0 Å². The Morgan fingerprint density at radius 1 is 1.56 bits per heavy atom. The minimum Gasteiger partial charge on any atom is -0.389 e. The van der Waals surface area contributed by atoms with E-state index in [2.05, 4.69) is 15.9 Å². The van der Waals surface area contributed by atoms with E-state index < -0.39 is 0 Å². The second-order valence-corrected chi connectivity index (χ2v) is 2.21. The fourth-order valence-electron chi connectivity index (χ4n) is 0.370. The van der Waals surface area contributed by atoms with Crippen LogP contribution in [0.1, 0.15) is 13.3 Å². The number of allylic oxidation sites excluding steroid dienone is 2. The van der Waals surface area contributed by atoms with E-state index in [4.69, 9.17) is 5.11 Å². The molecule has 0 aliphatic rings. The number of hydrogen-bond donors (Lipinski definition) is 1. The summed E-state index contributed by atoms with van der Waals surface area (Å²) >= 11 is 3.11. The first-order valence-electron chi connectivity index (χ1n) is 2.93. The molecule has 0 aromatic rings. The van der Waals surface area contributed by atoms with Gasteiger partial charge in [-0.2, -0.15) is 0 Å². The number of aliphatic hydroxyl groups excluding tert-OH is 1. The zero-order chi connectivity index (χ0) is 7.11. The first-order chi connectivity index (χ1) is 4.31. The Morgan fingerprint density at radius 2 is 2.22 bits per heavy atom. The van der Waals surface area contributed by atoms with Crippen molar-refractivity contribution in [2.45, 2.75) is 19.4 Å². The van der Waals surface area contributed by atoms with Crippen LogP contribution in [0, 0.1) is 0 Å². The van der Waals surface area contributed by atoms with Gasteiger partial charge in [0.05, 0.1) is 6.10 Å². The summed E-state index contributed by atoms with van der Waals surface area (Å²) in [5, 5.41) is 8.95. The second-order valence-electron chi connectivity index (χ2n) is 1.68. The molecule has 0 saturated carbocycles. The van der Waals surface area contributed by atoms with Gasteiger partial charge in [0.2, 0.25) is 0 Å². The summed E-state index contributed by atoms with van der Waals surface area (Å²) in [5.74, 6) is 0. The predicted octanol–water partition coefficient (Wildman–Crippen LogP) is 2.22. The minimum absolute atomic E-state index is 0.298. The van der Waals surface area contributed by atoms with Gasteiger partial charge in [0.25, 0.3) is 0 Å². The van der Waals surface area contributed by atoms with Crippen molar-refractivity contribution in [2.24, 2.45) is 0 Å². The molecule has 0 aromatic carbocycles. The normalized spacial score (nSPS) is 15.4. The maximum Gasteiger partial charge on any atom is 0.0721 e. The van der Waals surface area contributed by atoms with Gasteiger partial charge in [-0.3, -0.25) is 0 Å². The number of aliphatic hydroxyl groups is 1. The highest BCUT2D eigenvalue weighted by atomic mass is 79.9. The average Bonchev–Trinajstić information content (AvgIpc) is 1.89. The van der Waals surface area contributed by atoms with Crippen molar-refractivity contribution < 1.29 is 5.11 Å². The highest BCUT2D eigenvalue weighted by Gasteiger charge is 1.88. The molecule has 1 atom stereocenters. The van der Waals surface area contributed by atoms with E-state index in [1.165, 1.54) is 0 Å². The summed E-state index contributed by atoms with van der Waals surface area (Å²) in [7, 11) is 0. The Kier molecular flexibility index (Phi) is 5.99. The fourth-order valence-corrected chi connectivity index (χ4v) is 0.547. The molecule has 0 heterocycles. The number of rotatable bonds is 3. The van der Waals surface area contributed by atoms with Crippen molar-refractivity contribution in [1.82, 2.24) is 0 Å². The van der Waals surface area contributed by atoms with Crippen molar-refractivity contribution in [1.29, 1.82) is 0 Å². The van der Waals surface area contributed by atoms with E-state index in [1.54, 1.807) is 11.1 Å². The molecule has 1 unspecified atom stereocenters. The molecule has 9 heavy (non-hydrogen) atoms. The SMILES string of the molecule is CCC(O)/C=C/C=C\Br. The van der Waals surface area contributed by atoms with Gasteiger partial charge in [0.1, 0.15) is 0 Å². The van der Waals surface area contributed by atoms with Gasteiger partial charge in [-0.05, 0) is 11.4 Å². The zero-order valence-electron chi connectivity index (χ0n) is 5.42. The van der Waals surface area contributed by atoms with Crippen LogP contribution in [-0.4, -0.2) is 11.2 Å². The molecular formula is C7H11BrO. The van der Waals surface area contributed by atoms with Gasteiger partial charge in [-0.15, -0.1) is 0 Å². The Bertz CT molecular complexity index is 107. The average molecular weight is 191 g/mol. The first kappa shape index (κ1) is 8.92. The van der Waals surface area contributed by atoms with E-state index in [0.29, 0.717) is 0 Å². The fraction of sp³-hybridized carbons (Fsp3) is 0.429. The molecule has 52 valence electrons. The van der Waals surface area contributed by atoms with Gasteiger partial charge < -0.3 is 5.11 Å². The molecule has 0 bridgehead atoms. The third kappa shape index (κ3) is 5.80. The molecule has 0 rings (SSSR count). The van der Waals surface area contributed by atoms with Gasteiger partial charge in [0, 0.05) is 0 Å². The van der Waals surface area contributed by atoms with Crippen LogP contribution in [-0.2, 0) is 0 Å². The van der Waals surface area contributed by atoms with Crippen molar-refractivity contribution in [3.63, 3.8) is 0 Å². The van der Waals surface area contributed by atoms with Gasteiger partial charge in [-0.1, -0.05) is 41.1 Å². The molecule has 0 amide bonds. The molecule has 1 nitrogen and oxygen atoms in total. The third-order valence-electron chi connectivity index (χ3n) is 0.935. The highest BCUT2D eigenvalue weighted by Crippen LogP contribution is 1.92. The van der Waals surface area contributed by atoms with Crippen molar-refractivity contribution in [3.05, 3.63) is 23.2 Å². The quantitative estimate of drug-likeness (QED) is 0.678. The summed E-state index contributed by atoms with van der Waals surface area (Å²) in [4.78, 5) is 1.74. The van der Waals surface area contributed by atoms with E-state index in [-0.39, 0.29) is 6.10 Å². The van der Waals surface area contributed by atoms with Gasteiger partial charge >= 0.3 is 0 Å². The molecule has 0 fully saturated rings. The van der Waals surface area contributed by atoms with Crippen LogP contribution in [0.5, 0.6) is 0 Å². The molecule has 0 aliphatic heterocycles. The Balaban J connectivity index is 3.43. The molecule has 0 spiro atoms. The third-order valence-corrected chi connectivity index (χ3v) is 1.24. The lowest BCUT2D eigenvalue weighted by Gasteiger charge is -1.95. The van der Waals surface area contributed by atoms with Gasteiger partial charge in [0.15, 0.2) is 0 Å². The standard InChI is InChI=1S/C7H11BrO/c1-2-7(9)5-3-4-6-8/h3-7,9H,2H2,1H3/b5-3+,6-4-. The number of hydrogen-bond acceptors (Lipinski definition) is 1. The van der Waals surface area contributed by atoms with Crippen LogP contribution in [0.15, 0.2) is 23.2 Å². The molecule has 0 radical (unpaired) electrons. The van der Waals surface area contributed by atoms with Crippen LogP contribution in [0.3, 0.4) is 0 Å². The largest absolute Gasteiger partial charge is 0.389 e. The van der Waals surface area contributed by atoms with Crippen molar-refractivity contribution >= 4 is 15.9 Å². The lowest BCUT2D eigenvalue weighted by molar-refractivity contribution is 0.219. The number of halogens is 1. The summed E-state index contributed by atoms with van der Waals surface area (Å²) in [5.41, 5.74) is 0.